The van der Waals surface area contributed by atoms with E-state index in [-0.39, 0.29) is 6.04 Å². The maximum Gasteiger partial charge on any atom is 0.312 e. The van der Waals surface area contributed by atoms with Gasteiger partial charge in [0, 0.05) is 11.7 Å². The molecule has 1 atom stereocenters. The number of carbonyl (C=O) groups is 1. The first-order chi connectivity index (χ1) is 6.43. The van der Waals surface area contributed by atoms with Gasteiger partial charge in [0.25, 0.3) is 0 Å². The highest BCUT2D eigenvalue weighted by atomic mass is 16.4. The van der Waals surface area contributed by atoms with Gasteiger partial charge < -0.3 is 5.11 Å². The summed E-state index contributed by atoms with van der Waals surface area (Å²) in [5.74, 6) is -1.37. The number of carboxylic acids is 1. The van der Waals surface area contributed by atoms with Gasteiger partial charge in [0.15, 0.2) is 0 Å². The van der Waals surface area contributed by atoms with E-state index in [0.717, 1.165) is 5.69 Å². The molecule has 0 radical (unpaired) electrons. The third-order valence-electron chi connectivity index (χ3n) is 2.24. The van der Waals surface area contributed by atoms with Crippen molar-refractivity contribution in [3.63, 3.8) is 0 Å². The van der Waals surface area contributed by atoms with Crippen LogP contribution >= 0.6 is 0 Å². The van der Waals surface area contributed by atoms with Gasteiger partial charge in [-0.25, -0.2) is 0 Å². The van der Waals surface area contributed by atoms with E-state index in [1.807, 2.05) is 31.5 Å². The van der Waals surface area contributed by atoms with E-state index in [1.54, 1.807) is 6.92 Å². The topological polar surface area (TPSA) is 55.1 Å². The van der Waals surface area contributed by atoms with Crippen LogP contribution in [0.4, 0.5) is 0 Å². The number of aliphatic carboxylic acids is 1. The number of nitrogens with zero attached hydrogens (tertiary/aromatic N) is 2. The lowest BCUT2D eigenvalue weighted by Crippen LogP contribution is -2.10. The van der Waals surface area contributed by atoms with E-state index in [1.165, 1.54) is 0 Å². The third kappa shape index (κ3) is 1.95. The van der Waals surface area contributed by atoms with Crippen molar-refractivity contribution in [2.24, 2.45) is 0 Å². The van der Waals surface area contributed by atoms with Crippen molar-refractivity contribution >= 4 is 5.97 Å². The molecule has 1 aromatic rings. The summed E-state index contributed by atoms with van der Waals surface area (Å²) in [6.07, 6.45) is 0. The van der Waals surface area contributed by atoms with Crippen LogP contribution in [-0.4, -0.2) is 20.9 Å². The van der Waals surface area contributed by atoms with E-state index in [9.17, 15) is 4.79 Å². The van der Waals surface area contributed by atoms with Crippen LogP contribution in [0.2, 0.25) is 0 Å². The molecule has 0 saturated heterocycles. The van der Waals surface area contributed by atoms with Crippen molar-refractivity contribution in [3.05, 3.63) is 17.5 Å². The first-order valence-electron chi connectivity index (χ1n) is 4.72. The van der Waals surface area contributed by atoms with Crippen molar-refractivity contribution in [1.29, 1.82) is 0 Å². The Morgan fingerprint density at radius 1 is 1.50 bits per heavy atom. The second-order valence-corrected chi connectivity index (χ2v) is 3.81. The van der Waals surface area contributed by atoms with Crippen LogP contribution in [0.1, 0.15) is 44.1 Å². The highest BCUT2D eigenvalue weighted by Crippen LogP contribution is 2.17. The lowest BCUT2D eigenvalue weighted by molar-refractivity contribution is -0.138. The summed E-state index contributed by atoms with van der Waals surface area (Å²) in [5, 5.41) is 13.1. The first-order valence-corrected chi connectivity index (χ1v) is 4.72. The molecule has 78 valence electrons. The van der Waals surface area contributed by atoms with Crippen LogP contribution < -0.4 is 0 Å². The summed E-state index contributed by atoms with van der Waals surface area (Å²) >= 11 is 0. The average molecular weight is 196 g/mol. The molecule has 1 rings (SSSR count). The summed E-state index contributed by atoms with van der Waals surface area (Å²) in [7, 11) is 0. The van der Waals surface area contributed by atoms with Gasteiger partial charge in [-0.2, -0.15) is 5.10 Å². The molecule has 0 aromatic carbocycles. The summed E-state index contributed by atoms with van der Waals surface area (Å²) in [6.45, 7) is 7.63. The zero-order chi connectivity index (χ0) is 10.9. The Morgan fingerprint density at radius 2 is 2.07 bits per heavy atom. The molecule has 1 unspecified atom stereocenters. The predicted octanol–water partition coefficient (Wildman–Crippen LogP) is 1.96. The molecule has 14 heavy (non-hydrogen) atoms. The maximum atomic E-state index is 10.7. The minimum Gasteiger partial charge on any atom is -0.481 e. The van der Waals surface area contributed by atoms with Crippen LogP contribution in [0.3, 0.4) is 0 Å². The number of aryl methyl sites for hydroxylation is 1. The molecule has 4 heteroatoms. The Labute approximate surface area is 83.5 Å². The molecule has 4 nitrogen and oxygen atoms in total. The second kappa shape index (κ2) is 3.82. The molecule has 0 fully saturated rings. The summed E-state index contributed by atoms with van der Waals surface area (Å²) in [5.41, 5.74) is 1.63. The van der Waals surface area contributed by atoms with Crippen LogP contribution in [0.15, 0.2) is 6.07 Å². The van der Waals surface area contributed by atoms with Crippen molar-refractivity contribution in [3.8, 4) is 0 Å². The number of hydrogen-bond donors (Lipinski definition) is 1. The smallest absolute Gasteiger partial charge is 0.312 e. The molecule has 1 N–H and O–H groups in total. The number of rotatable bonds is 3. The third-order valence-corrected chi connectivity index (χ3v) is 2.24. The van der Waals surface area contributed by atoms with E-state index in [2.05, 4.69) is 5.10 Å². The van der Waals surface area contributed by atoms with Crippen LogP contribution in [0, 0.1) is 6.92 Å². The quantitative estimate of drug-likeness (QED) is 0.804. The number of carboxylic acid groups (broad SMARTS) is 1. The van der Waals surface area contributed by atoms with Crippen molar-refractivity contribution in [2.45, 2.75) is 39.7 Å². The van der Waals surface area contributed by atoms with E-state index in [4.69, 9.17) is 5.11 Å². The Hall–Kier alpha value is -1.32. The molecule has 1 aromatic heterocycles. The van der Waals surface area contributed by atoms with Crippen LogP contribution in [0.5, 0.6) is 0 Å². The first kappa shape index (κ1) is 10.8. The normalized spacial score (nSPS) is 13.2. The SMILES string of the molecule is Cc1cc(C(C)C(=O)O)nn1C(C)C. The monoisotopic (exact) mass is 196 g/mol. The predicted molar refractivity (Wildman–Crippen MR) is 53.4 cm³/mol. The molecule has 0 saturated carbocycles. The molecule has 0 spiro atoms. The lowest BCUT2D eigenvalue weighted by atomic mass is 10.1. The van der Waals surface area contributed by atoms with Crippen LogP contribution in [0.25, 0.3) is 0 Å². The van der Waals surface area contributed by atoms with Gasteiger partial charge >= 0.3 is 5.97 Å². The Bertz CT molecular complexity index is 342. The minimum absolute atomic E-state index is 0.268. The molecular formula is C10H16N2O2. The van der Waals surface area contributed by atoms with Gasteiger partial charge in [-0.3, -0.25) is 9.48 Å². The summed E-state index contributed by atoms with van der Waals surface area (Å²) < 4.78 is 1.84. The van der Waals surface area contributed by atoms with Crippen molar-refractivity contribution in [1.82, 2.24) is 9.78 Å². The second-order valence-electron chi connectivity index (χ2n) is 3.81. The van der Waals surface area contributed by atoms with Crippen molar-refractivity contribution in [2.75, 3.05) is 0 Å². The molecule has 0 aliphatic rings. The molecule has 1 heterocycles. The lowest BCUT2D eigenvalue weighted by Gasteiger charge is -2.07. The zero-order valence-electron chi connectivity index (χ0n) is 8.98. The molecule has 0 bridgehead atoms. The molecule has 0 aliphatic heterocycles. The van der Waals surface area contributed by atoms with Gasteiger partial charge in [-0.05, 0) is 33.8 Å². The maximum absolute atomic E-state index is 10.7. The number of hydrogen-bond acceptors (Lipinski definition) is 2. The van der Waals surface area contributed by atoms with Gasteiger partial charge in [-0.1, -0.05) is 0 Å². The molecule has 0 aliphatic carbocycles. The van der Waals surface area contributed by atoms with Gasteiger partial charge in [0.2, 0.25) is 0 Å². The fourth-order valence-electron chi connectivity index (χ4n) is 1.37. The number of aromatic nitrogens is 2. The summed E-state index contributed by atoms with van der Waals surface area (Å²) in [4.78, 5) is 10.7. The Morgan fingerprint density at radius 3 is 2.43 bits per heavy atom. The molecule has 0 amide bonds. The fraction of sp³-hybridized carbons (Fsp3) is 0.600. The van der Waals surface area contributed by atoms with Gasteiger partial charge in [0.1, 0.15) is 0 Å². The van der Waals surface area contributed by atoms with Crippen molar-refractivity contribution < 1.29 is 9.90 Å². The minimum atomic E-state index is -0.835. The van der Waals surface area contributed by atoms with E-state index in [0.29, 0.717) is 5.69 Å². The largest absolute Gasteiger partial charge is 0.481 e. The highest BCUT2D eigenvalue weighted by molar-refractivity contribution is 5.74. The van der Waals surface area contributed by atoms with E-state index < -0.39 is 11.9 Å². The zero-order valence-corrected chi connectivity index (χ0v) is 8.98. The fourth-order valence-corrected chi connectivity index (χ4v) is 1.37. The van der Waals surface area contributed by atoms with E-state index >= 15 is 0 Å². The Kier molecular flexibility index (Phi) is 2.93. The highest BCUT2D eigenvalue weighted by Gasteiger charge is 2.18. The van der Waals surface area contributed by atoms with Gasteiger partial charge in [-0.15, -0.1) is 0 Å². The standard InChI is InChI=1S/C10H16N2O2/c1-6(2)12-7(3)5-9(11-12)8(4)10(13)14/h5-6,8H,1-4H3,(H,13,14). The summed E-state index contributed by atoms with van der Waals surface area (Å²) in [6, 6.07) is 2.10. The molecular weight excluding hydrogens is 180 g/mol. The average Bonchev–Trinajstić information content (AvgIpc) is 2.45. The van der Waals surface area contributed by atoms with Crippen LogP contribution in [-0.2, 0) is 4.79 Å². The van der Waals surface area contributed by atoms with Gasteiger partial charge in [0.05, 0.1) is 11.6 Å². The Balaban J connectivity index is 3.02.